The number of carbonyl (C=O) groups excluding carboxylic acids is 1. The van der Waals surface area contributed by atoms with Crippen LogP contribution in [0.2, 0.25) is 0 Å². The summed E-state index contributed by atoms with van der Waals surface area (Å²) in [5.41, 5.74) is 0. The maximum Gasteiger partial charge on any atom is 0.330 e. The van der Waals surface area contributed by atoms with Crippen LogP contribution in [0.3, 0.4) is 0 Å². The summed E-state index contributed by atoms with van der Waals surface area (Å²) in [4.78, 5) is 10.2. The van der Waals surface area contributed by atoms with Gasteiger partial charge in [0.2, 0.25) is 0 Å². The Morgan fingerprint density at radius 2 is 1.83 bits per heavy atom. The minimum Gasteiger partial charge on any atom is -0.458 e. The van der Waals surface area contributed by atoms with Crippen molar-refractivity contribution in [2.45, 2.75) is 0 Å². The lowest BCUT2D eigenvalue weighted by Crippen LogP contribution is -1.98. The molecule has 0 saturated heterocycles. The highest BCUT2D eigenvalue weighted by atomic mass is 16.5. The number of esters is 1. The monoisotopic (exact) mass is 174 g/mol. The van der Waals surface area contributed by atoms with Gasteiger partial charge in [0.05, 0.1) is 13.2 Å². The zero-order valence-corrected chi connectivity index (χ0v) is 6.90. The predicted octanol–water partition coefficient (Wildman–Crippen LogP) is -0.127. The van der Waals surface area contributed by atoms with Crippen LogP contribution in [-0.4, -0.2) is 36.0 Å². The molecule has 0 fully saturated rings. The van der Waals surface area contributed by atoms with E-state index in [1.54, 1.807) is 0 Å². The minimum absolute atomic E-state index is 0.125. The van der Waals surface area contributed by atoms with E-state index in [2.05, 4.69) is 17.9 Å². The first-order valence-electron chi connectivity index (χ1n) is 3.34. The Hall–Kier alpha value is -1.13. The van der Waals surface area contributed by atoms with E-state index in [4.69, 9.17) is 10.2 Å². The van der Waals surface area contributed by atoms with Gasteiger partial charge in [-0.2, -0.15) is 0 Å². The smallest absolute Gasteiger partial charge is 0.330 e. The fraction of sp³-hybridized carbons (Fsp3) is 0.375. The number of ether oxygens (including phenoxy) is 1. The molecule has 0 aromatic rings. The van der Waals surface area contributed by atoms with Gasteiger partial charge in [0.25, 0.3) is 0 Å². The average Bonchev–Trinajstić information content (AvgIpc) is 2.14. The molecule has 2 N–H and O–H groups in total. The third kappa shape index (κ3) is 15.9. The van der Waals surface area contributed by atoms with E-state index >= 15 is 0 Å². The van der Waals surface area contributed by atoms with Crippen molar-refractivity contribution in [1.82, 2.24) is 0 Å². The van der Waals surface area contributed by atoms with E-state index in [1.807, 2.05) is 0 Å². The number of rotatable bonds is 4. The van der Waals surface area contributed by atoms with Crippen molar-refractivity contribution < 1.29 is 19.7 Å². The molecule has 0 heterocycles. The van der Waals surface area contributed by atoms with Crippen LogP contribution in [-0.2, 0) is 9.53 Å². The highest BCUT2D eigenvalue weighted by molar-refractivity contribution is 5.81. The van der Waals surface area contributed by atoms with E-state index in [-0.39, 0.29) is 19.8 Å². The second-order valence-electron chi connectivity index (χ2n) is 1.57. The van der Waals surface area contributed by atoms with Gasteiger partial charge in [-0.1, -0.05) is 19.2 Å². The van der Waals surface area contributed by atoms with Crippen molar-refractivity contribution >= 4 is 5.97 Å². The largest absolute Gasteiger partial charge is 0.458 e. The standard InChI is InChI=1S/C6H8O2.C2H6O2/c1-3-5-8-6(7)4-2;3-1-2-4/h3-4H,1-2,5H2;3-4H,1-2H2. The molecule has 0 aliphatic heterocycles. The Bertz CT molecular complexity index is 129. The Morgan fingerprint density at radius 3 is 2.08 bits per heavy atom. The van der Waals surface area contributed by atoms with Gasteiger partial charge in [-0.15, -0.1) is 0 Å². The fourth-order valence-corrected chi connectivity index (χ4v) is 0.200. The van der Waals surface area contributed by atoms with E-state index in [1.165, 1.54) is 6.08 Å². The second kappa shape index (κ2) is 12.5. The van der Waals surface area contributed by atoms with Crippen LogP contribution in [0.25, 0.3) is 0 Å². The molecule has 12 heavy (non-hydrogen) atoms. The molecule has 0 aliphatic rings. The van der Waals surface area contributed by atoms with Gasteiger partial charge in [-0.3, -0.25) is 0 Å². The molecule has 0 spiro atoms. The average molecular weight is 174 g/mol. The third-order valence-electron chi connectivity index (χ3n) is 0.610. The van der Waals surface area contributed by atoms with Crippen molar-refractivity contribution in [1.29, 1.82) is 0 Å². The third-order valence-corrected chi connectivity index (χ3v) is 0.610. The number of hydrogen-bond donors (Lipinski definition) is 2. The van der Waals surface area contributed by atoms with Crippen LogP contribution in [0.15, 0.2) is 25.3 Å². The molecule has 4 nitrogen and oxygen atoms in total. The van der Waals surface area contributed by atoms with Crippen LogP contribution in [0.4, 0.5) is 0 Å². The summed E-state index contributed by atoms with van der Waals surface area (Å²) < 4.78 is 4.47. The molecule has 0 bridgehead atoms. The number of aliphatic hydroxyl groups excluding tert-OH is 2. The van der Waals surface area contributed by atoms with Crippen molar-refractivity contribution in [2.24, 2.45) is 0 Å². The summed E-state index contributed by atoms with van der Waals surface area (Å²) in [6.45, 7) is 6.56. The highest BCUT2D eigenvalue weighted by Crippen LogP contribution is 1.77. The van der Waals surface area contributed by atoms with E-state index < -0.39 is 5.97 Å². The molecule has 0 radical (unpaired) electrons. The van der Waals surface area contributed by atoms with Crippen molar-refractivity contribution in [3.8, 4) is 0 Å². The molecule has 0 amide bonds. The molecule has 0 unspecified atom stereocenters. The molecule has 4 heteroatoms. The Kier molecular flexibility index (Phi) is 14.1. The van der Waals surface area contributed by atoms with Gasteiger partial charge in [-0.25, -0.2) is 4.79 Å². The zero-order chi connectivity index (χ0) is 9.82. The quantitative estimate of drug-likeness (QED) is 0.354. The maximum absolute atomic E-state index is 10.2. The van der Waals surface area contributed by atoms with E-state index in [0.717, 1.165) is 6.08 Å². The first-order valence-corrected chi connectivity index (χ1v) is 3.34. The molecule has 0 aromatic heterocycles. The lowest BCUT2D eigenvalue weighted by Gasteiger charge is -1.92. The molecule has 70 valence electrons. The highest BCUT2D eigenvalue weighted by Gasteiger charge is 1.87. The SMILES string of the molecule is C=CCOC(=O)C=C.OCCO. The first-order chi connectivity index (χ1) is 5.72. The number of aliphatic hydroxyl groups is 2. The Balaban J connectivity index is 0. The van der Waals surface area contributed by atoms with Crippen molar-refractivity contribution in [3.63, 3.8) is 0 Å². The fourth-order valence-electron chi connectivity index (χ4n) is 0.200. The molecule has 0 rings (SSSR count). The normalized spacial score (nSPS) is 7.50. The van der Waals surface area contributed by atoms with E-state index in [0.29, 0.717) is 0 Å². The number of hydrogen-bond acceptors (Lipinski definition) is 4. The first kappa shape index (κ1) is 13.5. The lowest BCUT2D eigenvalue weighted by molar-refractivity contribution is -0.136. The number of carbonyl (C=O) groups is 1. The summed E-state index contributed by atoms with van der Waals surface area (Å²) in [6, 6.07) is 0. The van der Waals surface area contributed by atoms with Crippen molar-refractivity contribution in [3.05, 3.63) is 25.3 Å². The van der Waals surface area contributed by atoms with Crippen LogP contribution in [0, 0.1) is 0 Å². The molecule has 0 saturated carbocycles. The summed E-state index contributed by atoms with van der Waals surface area (Å²) >= 11 is 0. The molecule has 0 atom stereocenters. The minimum atomic E-state index is -0.412. The summed E-state index contributed by atoms with van der Waals surface area (Å²) in [5.74, 6) is -0.412. The molecule has 0 aliphatic carbocycles. The second-order valence-corrected chi connectivity index (χ2v) is 1.57. The summed E-state index contributed by atoms with van der Waals surface area (Å²) in [7, 11) is 0. The molecular weight excluding hydrogens is 160 g/mol. The summed E-state index contributed by atoms with van der Waals surface area (Å²) in [6.07, 6.45) is 2.62. The summed E-state index contributed by atoms with van der Waals surface area (Å²) in [5, 5.41) is 15.2. The van der Waals surface area contributed by atoms with Gasteiger partial charge in [0.1, 0.15) is 6.61 Å². The van der Waals surface area contributed by atoms with Crippen LogP contribution in [0.5, 0.6) is 0 Å². The van der Waals surface area contributed by atoms with Crippen molar-refractivity contribution in [2.75, 3.05) is 19.8 Å². The molecular formula is C8H14O4. The van der Waals surface area contributed by atoms with E-state index in [9.17, 15) is 4.79 Å². The molecule has 0 aromatic carbocycles. The topological polar surface area (TPSA) is 66.8 Å². The zero-order valence-electron chi connectivity index (χ0n) is 6.90. The van der Waals surface area contributed by atoms with Crippen LogP contribution >= 0.6 is 0 Å². The predicted molar refractivity (Wildman–Crippen MR) is 45.5 cm³/mol. The lowest BCUT2D eigenvalue weighted by atomic mass is 10.6. The van der Waals surface area contributed by atoms with Gasteiger partial charge < -0.3 is 14.9 Å². The maximum atomic E-state index is 10.2. The van der Waals surface area contributed by atoms with Crippen LogP contribution < -0.4 is 0 Å². The van der Waals surface area contributed by atoms with Gasteiger partial charge in [-0.05, 0) is 0 Å². The van der Waals surface area contributed by atoms with Crippen LogP contribution in [0.1, 0.15) is 0 Å². The Morgan fingerprint density at radius 1 is 1.33 bits per heavy atom. The Labute approximate surface area is 71.8 Å². The van der Waals surface area contributed by atoms with Gasteiger partial charge in [0, 0.05) is 6.08 Å². The van der Waals surface area contributed by atoms with Gasteiger partial charge in [0.15, 0.2) is 0 Å². The van der Waals surface area contributed by atoms with Gasteiger partial charge >= 0.3 is 5.97 Å².